The van der Waals surface area contributed by atoms with Crippen molar-refractivity contribution in [3.63, 3.8) is 0 Å². The molecule has 180 valence electrons. The zero-order valence-corrected chi connectivity index (χ0v) is 19.1. The van der Waals surface area contributed by atoms with Gasteiger partial charge in [0.05, 0.1) is 36.3 Å². The van der Waals surface area contributed by atoms with E-state index in [0.29, 0.717) is 47.6 Å². The number of allylic oxidation sites excluding steroid dienone is 1. The number of nitrogens with zero attached hydrogens (tertiary/aromatic N) is 7. The summed E-state index contributed by atoms with van der Waals surface area (Å²) >= 11 is 0. The highest BCUT2D eigenvalue weighted by molar-refractivity contribution is 5.74. The van der Waals surface area contributed by atoms with Gasteiger partial charge in [-0.15, -0.1) is 0 Å². The molecule has 3 aromatic rings. The second-order valence-corrected chi connectivity index (χ2v) is 9.08. The number of hydrogen-bond acceptors (Lipinski definition) is 7. The van der Waals surface area contributed by atoms with Crippen molar-refractivity contribution >= 4 is 17.1 Å². The van der Waals surface area contributed by atoms with E-state index in [9.17, 15) is 13.2 Å². The number of anilines is 1. The molecule has 0 amide bonds. The number of morpholine rings is 1. The van der Waals surface area contributed by atoms with E-state index in [1.54, 1.807) is 13.1 Å². The molecule has 0 spiro atoms. The molecule has 2 aliphatic rings. The molecule has 3 aromatic heterocycles. The molecule has 34 heavy (non-hydrogen) atoms. The average molecular weight is 474 g/mol. The fraction of sp³-hybridized carbons (Fsp3) is 0.522. The maximum atomic E-state index is 13.0. The van der Waals surface area contributed by atoms with Gasteiger partial charge in [-0.1, -0.05) is 6.58 Å². The van der Waals surface area contributed by atoms with Gasteiger partial charge in [0.1, 0.15) is 11.6 Å². The maximum Gasteiger partial charge on any atom is 0.412 e. The molecule has 2 fully saturated rings. The van der Waals surface area contributed by atoms with Crippen LogP contribution in [0.2, 0.25) is 0 Å². The number of alkyl halides is 3. The number of aromatic nitrogens is 6. The zero-order valence-electron chi connectivity index (χ0n) is 19.1. The third-order valence-corrected chi connectivity index (χ3v) is 6.11. The topological polar surface area (TPSA) is 81.9 Å². The minimum absolute atomic E-state index is 0.0413. The third kappa shape index (κ3) is 4.75. The van der Waals surface area contributed by atoms with Crippen molar-refractivity contribution in [2.75, 3.05) is 18.0 Å². The van der Waals surface area contributed by atoms with Gasteiger partial charge in [-0.25, -0.2) is 15.0 Å². The van der Waals surface area contributed by atoms with Crippen LogP contribution < -0.4 is 4.90 Å². The molecule has 1 saturated heterocycles. The van der Waals surface area contributed by atoms with Crippen LogP contribution in [-0.4, -0.2) is 55.1 Å². The lowest BCUT2D eigenvalue weighted by Gasteiger charge is -2.36. The van der Waals surface area contributed by atoms with Gasteiger partial charge in [0.15, 0.2) is 5.65 Å². The summed E-state index contributed by atoms with van der Waals surface area (Å²) in [5, 5.41) is 4.47. The number of aryl methyl sites for hydroxylation is 2. The first-order chi connectivity index (χ1) is 16.2. The summed E-state index contributed by atoms with van der Waals surface area (Å²) in [6.07, 6.45) is 2.74. The number of halogens is 3. The number of fused-ring (bicyclic) bond motifs is 1. The highest BCUT2D eigenvalue weighted by Gasteiger charge is 2.33. The Kier molecular flexibility index (Phi) is 5.75. The van der Waals surface area contributed by atoms with Crippen LogP contribution in [-0.2, 0) is 11.2 Å². The first-order valence-corrected chi connectivity index (χ1v) is 11.4. The van der Waals surface area contributed by atoms with E-state index < -0.39 is 11.7 Å². The molecule has 0 bridgehead atoms. The first-order valence-electron chi connectivity index (χ1n) is 11.4. The average Bonchev–Trinajstić information content (AvgIpc) is 3.52. The summed E-state index contributed by atoms with van der Waals surface area (Å²) in [7, 11) is 0. The normalized spacial score (nSPS) is 21.3. The molecule has 0 N–H and O–H groups in total. The number of rotatable bonds is 6. The third-order valence-electron chi connectivity index (χ3n) is 6.11. The van der Waals surface area contributed by atoms with Crippen LogP contribution in [0.1, 0.15) is 55.3 Å². The molecule has 5 rings (SSSR count). The van der Waals surface area contributed by atoms with Crippen molar-refractivity contribution in [3.8, 4) is 0 Å². The van der Waals surface area contributed by atoms with Gasteiger partial charge in [-0.2, -0.15) is 23.3 Å². The fourth-order valence-electron chi connectivity index (χ4n) is 4.12. The summed E-state index contributed by atoms with van der Waals surface area (Å²) in [4.78, 5) is 20.1. The lowest BCUT2D eigenvalue weighted by Crippen LogP contribution is -2.43. The van der Waals surface area contributed by atoms with Crippen LogP contribution in [0, 0.1) is 6.92 Å². The molecule has 11 heteroatoms. The molecular formula is C23H26F3N7O. The van der Waals surface area contributed by atoms with E-state index in [0.717, 1.165) is 18.4 Å². The van der Waals surface area contributed by atoms with E-state index in [4.69, 9.17) is 4.74 Å². The van der Waals surface area contributed by atoms with Crippen molar-refractivity contribution in [2.45, 2.75) is 64.0 Å². The van der Waals surface area contributed by atoms with Gasteiger partial charge >= 0.3 is 6.18 Å². The van der Waals surface area contributed by atoms with E-state index in [-0.39, 0.29) is 25.0 Å². The lowest BCUT2D eigenvalue weighted by molar-refractivity contribution is -0.0935. The largest absolute Gasteiger partial charge is 0.412 e. The van der Waals surface area contributed by atoms with Crippen molar-refractivity contribution in [3.05, 3.63) is 47.7 Å². The fourth-order valence-corrected chi connectivity index (χ4v) is 4.12. The van der Waals surface area contributed by atoms with E-state index in [1.165, 1.54) is 0 Å². The van der Waals surface area contributed by atoms with Gasteiger partial charge < -0.3 is 9.64 Å². The van der Waals surface area contributed by atoms with E-state index >= 15 is 0 Å². The van der Waals surface area contributed by atoms with Gasteiger partial charge in [0, 0.05) is 30.1 Å². The molecule has 8 nitrogen and oxygen atoms in total. The van der Waals surface area contributed by atoms with E-state index in [2.05, 4.69) is 31.6 Å². The summed E-state index contributed by atoms with van der Waals surface area (Å²) in [6.45, 7) is 8.00. The van der Waals surface area contributed by atoms with Crippen molar-refractivity contribution in [2.24, 2.45) is 0 Å². The van der Waals surface area contributed by atoms with Crippen LogP contribution >= 0.6 is 0 Å². The molecule has 4 heterocycles. The zero-order chi connectivity index (χ0) is 24.0. The monoisotopic (exact) mass is 473 g/mol. The maximum absolute atomic E-state index is 13.0. The van der Waals surface area contributed by atoms with Crippen LogP contribution in [0.25, 0.3) is 11.2 Å². The van der Waals surface area contributed by atoms with Gasteiger partial charge in [0.2, 0.25) is 5.95 Å². The molecule has 2 unspecified atom stereocenters. The second-order valence-electron chi connectivity index (χ2n) is 9.08. The smallest absolute Gasteiger partial charge is 0.367 e. The van der Waals surface area contributed by atoms with E-state index in [1.807, 2.05) is 28.9 Å². The minimum Gasteiger partial charge on any atom is -0.367 e. The van der Waals surface area contributed by atoms with Gasteiger partial charge in [-0.3, -0.25) is 4.68 Å². The highest BCUT2D eigenvalue weighted by Crippen LogP contribution is 2.36. The quantitative estimate of drug-likeness (QED) is 0.495. The Balaban J connectivity index is 1.44. The summed E-state index contributed by atoms with van der Waals surface area (Å²) in [5.41, 5.74) is 2.07. The standard InChI is InChI=1S/C23H26F3N7O/c1-13(23(24,25)26)4-7-18-20-21(29-14(2)8-27-20)31-22(30-18)32-10-15(3)34-19(12-32)16-9-28-33(11-16)17-5-6-17/h8-9,11,15,17,19H,1,4-7,10,12H2,2-3H3. The summed E-state index contributed by atoms with van der Waals surface area (Å²) in [6, 6.07) is 0.477. The SMILES string of the molecule is C=C(CCc1nc(N2CC(C)OC(c3cnn(C4CC4)c3)C2)nc2nc(C)cnc12)C(F)(F)F. The van der Waals surface area contributed by atoms with Gasteiger partial charge in [-0.05, 0) is 39.5 Å². The van der Waals surface area contributed by atoms with Crippen LogP contribution in [0.3, 0.4) is 0 Å². The van der Waals surface area contributed by atoms with Crippen molar-refractivity contribution < 1.29 is 17.9 Å². The predicted molar refractivity (Wildman–Crippen MR) is 119 cm³/mol. The predicted octanol–water partition coefficient (Wildman–Crippen LogP) is 4.28. The van der Waals surface area contributed by atoms with Crippen molar-refractivity contribution in [1.82, 2.24) is 29.7 Å². The Morgan fingerprint density at radius 1 is 1.18 bits per heavy atom. The summed E-state index contributed by atoms with van der Waals surface area (Å²) in [5.74, 6) is 0.412. The Hall–Kier alpha value is -3.08. The molecule has 0 aromatic carbocycles. The minimum atomic E-state index is -4.44. The molecule has 2 atom stereocenters. The molecular weight excluding hydrogens is 447 g/mol. The molecule has 1 aliphatic carbocycles. The number of hydrogen-bond donors (Lipinski definition) is 0. The van der Waals surface area contributed by atoms with Gasteiger partial charge in [0.25, 0.3) is 0 Å². The number of ether oxygens (including phenoxy) is 1. The summed E-state index contributed by atoms with van der Waals surface area (Å²) < 4.78 is 47.2. The first kappa shape index (κ1) is 22.7. The van der Waals surface area contributed by atoms with Crippen molar-refractivity contribution in [1.29, 1.82) is 0 Å². The Bertz CT molecular complexity index is 1220. The molecule has 1 saturated carbocycles. The Labute approximate surface area is 194 Å². The lowest BCUT2D eigenvalue weighted by atomic mass is 10.1. The highest BCUT2D eigenvalue weighted by atomic mass is 19.4. The van der Waals surface area contributed by atoms with Crippen LogP contribution in [0.5, 0.6) is 0 Å². The molecule has 1 aliphatic heterocycles. The second kappa shape index (κ2) is 8.61. The molecule has 0 radical (unpaired) electrons. The Morgan fingerprint density at radius 3 is 2.71 bits per heavy atom. The Morgan fingerprint density at radius 2 is 1.97 bits per heavy atom. The van der Waals surface area contributed by atoms with Crippen LogP contribution in [0.4, 0.5) is 19.1 Å². The van der Waals surface area contributed by atoms with Crippen LogP contribution in [0.15, 0.2) is 30.7 Å².